The number of fused-ring (bicyclic) bond motifs is 1. The molecule has 9 nitrogen and oxygen atoms in total. The Morgan fingerprint density at radius 3 is 2.43 bits per heavy atom. The molecule has 1 unspecified atom stereocenters. The Kier molecular flexibility index (Phi) is 12.1. The van der Waals surface area contributed by atoms with E-state index in [2.05, 4.69) is 15.0 Å². The molecule has 4 rings (SSSR count). The Morgan fingerprint density at radius 2 is 1.74 bits per heavy atom. The molecular formula is C36H43N3O6S. The number of benzene rings is 2. The van der Waals surface area contributed by atoms with Gasteiger partial charge < -0.3 is 14.8 Å². The van der Waals surface area contributed by atoms with Crippen molar-refractivity contribution in [2.24, 2.45) is 10.3 Å². The highest BCUT2D eigenvalue weighted by molar-refractivity contribution is 7.98. The minimum absolute atomic E-state index is 0.104. The predicted molar refractivity (Wildman–Crippen MR) is 180 cm³/mol. The Labute approximate surface area is 275 Å². The molecule has 2 N–H and O–H groups in total. The van der Waals surface area contributed by atoms with Crippen LogP contribution in [-0.2, 0) is 35.1 Å². The van der Waals surface area contributed by atoms with Crippen LogP contribution in [0.1, 0.15) is 65.0 Å². The summed E-state index contributed by atoms with van der Waals surface area (Å²) in [5, 5.41) is 6.08. The quantitative estimate of drug-likeness (QED) is 0.178. The van der Waals surface area contributed by atoms with Gasteiger partial charge in [-0.25, -0.2) is 9.19 Å². The number of allylic oxidation sites excluding steroid dienone is 3. The highest BCUT2D eigenvalue weighted by Crippen LogP contribution is 2.39. The number of rotatable bonds is 12. The van der Waals surface area contributed by atoms with E-state index in [-0.39, 0.29) is 31.1 Å². The summed E-state index contributed by atoms with van der Waals surface area (Å²) in [5.74, 6) is -2.15. The van der Waals surface area contributed by atoms with Crippen molar-refractivity contribution >= 4 is 47.4 Å². The molecule has 0 radical (unpaired) electrons. The van der Waals surface area contributed by atoms with Crippen LogP contribution in [0.5, 0.6) is 0 Å². The molecule has 0 saturated carbocycles. The van der Waals surface area contributed by atoms with Crippen molar-refractivity contribution in [3.05, 3.63) is 83.4 Å². The molecule has 1 amide bonds. The van der Waals surface area contributed by atoms with Crippen molar-refractivity contribution in [3.63, 3.8) is 0 Å². The van der Waals surface area contributed by atoms with E-state index in [1.165, 1.54) is 18.9 Å². The zero-order valence-corrected chi connectivity index (χ0v) is 27.9. The summed E-state index contributed by atoms with van der Waals surface area (Å²) in [7, 11) is 0. The monoisotopic (exact) mass is 645 g/mol. The average molecular weight is 646 g/mol. The van der Waals surface area contributed by atoms with Gasteiger partial charge >= 0.3 is 11.9 Å². The summed E-state index contributed by atoms with van der Waals surface area (Å²) in [6.45, 7) is 8.62. The number of hydrogen-bond donors (Lipinski definition) is 2. The second-order valence-corrected chi connectivity index (χ2v) is 13.2. The second-order valence-electron chi connectivity index (χ2n) is 12.4. The topological polar surface area (TPSA) is 123 Å². The molecule has 1 heterocycles. The van der Waals surface area contributed by atoms with Gasteiger partial charge in [-0.3, -0.25) is 19.7 Å². The molecule has 2 aromatic rings. The molecule has 10 heteroatoms. The van der Waals surface area contributed by atoms with Gasteiger partial charge in [0.1, 0.15) is 17.7 Å². The maximum Gasteiger partial charge on any atom is 0.329 e. The zero-order chi connectivity index (χ0) is 33.3. The maximum absolute atomic E-state index is 14.4. The summed E-state index contributed by atoms with van der Waals surface area (Å²) < 4.78 is 15.5. The van der Waals surface area contributed by atoms with Crippen LogP contribution in [0, 0.1) is 5.92 Å². The van der Waals surface area contributed by atoms with Crippen molar-refractivity contribution < 1.29 is 28.7 Å². The van der Waals surface area contributed by atoms with E-state index in [1.54, 1.807) is 33.9 Å². The Bertz CT molecular complexity index is 1510. The van der Waals surface area contributed by atoms with Crippen molar-refractivity contribution in [2.75, 3.05) is 6.61 Å². The lowest BCUT2D eigenvalue weighted by Crippen LogP contribution is -2.51. The van der Waals surface area contributed by atoms with E-state index in [9.17, 15) is 19.2 Å². The van der Waals surface area contributed by atoms with Crippen molar-refractivity contribution in [3.8, 4) is 0 Å². The second kappa shape index (κ2) is 16.0. The smallest absolute Gasteiger partial charge is 0.329 e. The number of nitrogens with zero attached hydrogens (tertiary/aromatic N) is 1. The Balaban J connectivity index is 1.70. The van der Waals surface area contributed by atoms with E-state index in [1.807, 2.05) is 66.7 Å². The van der Waals surface area contributed by atoms with Gasteiger partial charge in [0.15, 0.2) is 5.78 Å². The van der Waals surface area contributed by atoms with Crippen molar-refractivity contribution in [1.82, 2.24) is 10.6 Å². The molecule has 0 saturated heterocycles. The summed E-state index contributed by atoms with van der Waals surface area (Å²) >= 11 is 1.33. The molecule has 0 bridgehead atoms. The van der Waals surface area contributed by atoms with E-state index in [0.717, 1.165) is 27.2 Å². The number of aryl methyl sites for hydroxylation is 1. The molecule has 244 valence electrons. The molecule has 2 aromatic carbocycles. The molecular weight excluding hydrogens is 602 g/mol. The molecule has 0 aromatic heterocycles. The van der Waals surface area contributed by atoms with Crippen LogP contribution in [-0.4, -0.2) is 60.2 Å². The van der Waals surface area contributed by atoms with Crippen LogP contribution in [0.2, 0.25) is 0 Å². The number of ether oxygens (including phenoxy) is 2. The van der Waals surface area contributed by atoms with E-state index < -0.39 is 41.6 Å². The summed E-state index contributed by atoms with van der Waals surface area (Å²) in [6.07, 6.45) is 6.83. The van der Waals surface area contributed by atoms with Gasteiger partial charge in [0.05, 0.1) is 18.6 Å². The maximum atomic E-state index is 14.4. The van der Waals surface area contributed by atoms with Crippen LogP contribution in [0.15, 0.2) is 81.6 Å². The molecule has 1 aliphatic heterocycles. The fraction of sp³-hybridized carbons (Fsp3) is 0.417. The number of hydrogen-bond acceptors (Lipinski definition) is 9. The standard InChI is InChI=1S/C36H43N3O6S/c1-6-44-34(42)29(17-16-24-12-8-7-9-13-24)39-30-21-25(22-31(38-23(2)40)35(43)45-36(3,4)5)20-28(33(30)41)26-18-19-37-46-32-15-11-10-14-27(26)32/h7-15,18-20,28-31,39H,6,16-17,21-22H2,1-5H3,(H,38,40)/t28?,29-,30+,31-/m0/s1. The highest BCUT2D eigenvalue weighted by Gasteiger charge is 2.38. The van der Waals surface area contributed by atoms with Gasteiger partial charge in [-0.05, 0) is 82.2 Å². The van der Waals surface area contributed by atoms with Gasteiger partial charge in [-0.15, -0.1) is 0 Å². The summed E-state index contributed by atoms with van der Waals surface area (Å²) in [4.78, 5) is 53.8. The lowest BCUT2D eigenvalue weighted by molar-refractivity contribution is -0.158. The first kappa shape index (κ1) is 34.8. The number of carbonyl (C=O) groups is 4. The average Bonchev–Trinajstić information content (AvgIpc) is 3.22. The van der Waals surface area contributed by atoms with Gasteiger partial charge in [0.2, 0.25) is 5.91 Å². The molecule has 0 fully saturated rings. The third kappa shape index (κ3) is 9.74. The third-order valence-corrected chi connectivity index (χ3v) is 8.37. The van der Waals surface area contributed by atoms with E-state index >= 15 is 0 Å². The largest absolute Gasteiger partial charge is 0.465 e. The first-order chi connectivity index (χ1) is 21.9. The van der Waals surface area contributed by atoms with Crippen LogP contribution in [0.4, 0.5) is 0 Å². The number of carbonyl (C=O) groups excluding carboxylic acids is 4. The Hall–Kier alpha value is -4.02. The predicted octanol–water partition coefficient (Wildman–Crippen LogP) is 5.44. The fourth-order valence-electron chi connectivity index (χ4n) is 5.63. The zero-order valence-electron chi connectivity index (χ0n) is 27.1. The molecule has 46 heavy (non-hydrogen) atoms. The first-order valence-corrected chi connectivity index (χ1v) is 16.4. The normalized spacial score (nSPS) is 19.1. The fourth-order valence-corrected chi connectivity index (χ4v) is 6.29. The third-order valence-electron chi connectivity index (χ3n) is 7.59. The van der Waals surface area contributed by atoms with Crippen LogP contribution in [0.25, 0.3) is 5.57 Å². The lowest BCUT2D eigenvalue weighted by atomic mass is 9.77. The number of nitrogens with one attached hydrogen (secondary N) is 2. The van der Waals surface area contributed by atoms with E-state index in [0.29, 0.717) is 12.8 Å². The van der Waals surface area contributed by atoms with Crippen molar-refractivity contribution in [1.29, 1.82) is 0 Å². The van der Waals surface area contributed by atoms with Gasteiger partial charge in [-0.1, -0.05) is 60.2 Å². The first-order valence-electron chi connectivity index (χ1n) is 15.6. The number of amides is 1. The lowest BCUT2D eigenvalue weighted by Gasteiger charge is -2.33. The number of ketones is 1. The number of esters is 2. The molecule has 0 spiro atoms. The summed E-state index contributed by atoms with van der Waals surface area (Å²) in [5.41, 5.74) is 2.75. The Morgan fingerprint density at radius 1 is 1.02 bits per heavy atom. The van der Waals surface area contributed by atoms with Crippen LogP contribution in [0.3, 0.4) is 0 Å². The summed E-state index contributed by atoms with van der Waals surface area (Å²) in [6, 6.07) is 15.1. The highest BCUT2D eigenvalue weighted by atomic mass is 32.2. The molecule has 1 aliphatic carbocycles. The molecule has 2 aliphatic rings. The van der Waals surface area contributed by atoms with Crippen molar-refractivity contribution in [2.45, 2.75) is 88.9 Å². The minimum Gasteiger partial charge on any atom is -0.465 e. The van der Waals surface area contributed by atoms with Crippen LogP contribution >= 0.6 is 11.9 Å². The SMILES string of the molecule is CCOC(=O)[C@H](CCc1ccccc1)N[C@@H]1CC(C[C@H](NC(C)=O)C(=O)OC(C)(C)C)=CC(C2=CC=NSc3ccccc32)C1=O. The van der Waals surface area contributed by atoms with Gasteiger partial charge in [0.25, 0.3) is 0 Å². The van der Waals surface area contributed by atoms with Gasteiger partial charge in [-0.2, -0.15) is 0 Å². The van der Waals surface area contributed by atoms with E-state index in [4.69, 9.17) is 9.47 Å². The van der Waals surface area contributed by atoms with Crippen LogP contribution < -0.4 is 10.6 Å². The molecule has 4 atom stereocenters. The van der Waals surface area contributed by atoms with Gasteiger partial charge in [0, 0.05) is 30.0 Å². The number of Topliss-reactive ketones (excluding diaryl/α,β-unsaturated/α-hetero) is 1. The minimum atomic E-state index is -0.955.